The van der Waals surface area contributed by atoms with Gasteiger partial charge in [-0.3, -0.25) is 0 Å². The van der Waals surface area contributed by atoms with Crippen LogP contribution in [-0.4, -0.2) is 30.9 Å². The van der Waals surface area contributed by atoms with E-state index >= 15 is 0 Å². The van der Waals surface area contributed by atoms with Gasteiger partial charge in [0.1, 0.15) is 0 Å². The van der Waals surface area contributed by atoms with Crippen LogP contribution in [0.25, 0.3) is 0 Å². The first-order valence-electron chi connectivity index (χ1n) is 3.50. The summed E-state index contributed by atoms with van der Waals surface area (Å²) in [4.78, 5) is 0. The number of halogens is 9. The second-order valence-electron chi connectivity index (χ2n) is 2.69. The van der Waals surface area contributed by atoms with Gasteiger partial charge in [-0.05, 0) is 0 Å². The van der Waals surface area contributed by atoms with Crippen molar-refractivity contribution >= 4 is 0 Å². The maximum absolute atomic E-state index is 12.2. The molecule has 0 aliphatic rings. The van der Waals surface area contributed by atoms with Gasteiger partial charge in [-0.25, -0.2) is 17.6 Å². The molecule has 0 rings (SSSR count). The third-order valence-electron chi connectivity index (χ3n) is 1.48. The van der Waals surface area contributed by atoms with Crippen LogP contribution in [0.5, 0.6) is 0 Å². The normalized spacial score (nSPS) is 18.0. The maximum atomic E-state index is 12.2. The molecule has 0 aromatic rings. The average Bonchev–Trinajstić information content (AvgIpc) is 2.01. The molecule has 2 atom stereocenters. The van der Waals surface area contributed by atoms with Gasteiger partial charge in [0.25, 0.3) is 0 Å². The van der Waals surface area contributed by atoms with Crippen LogP contribution in [0.1, 0.15) is 6.42 Å². The van der Waals surface area contributed by atoms with Gasteiger partial charge in [0, 0.05) is 6.42 Å². The molecular formula is C6H5F9. The summed E-state index contributed by atoms with van der Waals surface area (Å²) in [5.74, 6) is -5.28. The van der Waals surface area contributed by atoms with Gasteiger partial charge in [-0.15, -0.1) is 0 Å². The van der Waals surface area contributed by atoms with Crippen molar-refractivity contribution in [1.82, 2.24) is 0 Å². The Morgan fingerprint density at radius 2 is 1.13 bits per heavy atom. The molecule has 0 nitrogen and oxygen atoms in total. The standard InChI is InChI=1S/C6H5F9/c7-2(5(11,12)4(9)10)1-3(8)6(13,14)15/h2-4H,1H2. The molecule has 0 fully saturated rings. The van der Waals surface area contributed by atoms with E-state index in [2.05, 4.69) is 0 Å². The smallest absolute Gasteiger partial charge is 0.240 e. The molecule has 92 valence electrons. The van der Waals surface area contributed by atoms with Gasteiger partial charge in [0.05, 0.1) is 0 Å². The monoisotopic (exact) mass is 248 g/mol. The number of rotatable bonds is 4. The Bertz CT molecular complexity index is 195. The summed E-state index contributed by atoms with van der Waals surface area (Å²) in [7, 11) is 0. The Labute approximate surface area is 78.1 Å². The lowest BCUT2D eigenvalue weighted by atomic mass is 10.1. The highest BCUT2D eigenvalue weighted by Crippen LogP contribution is 2.35. The van der Waals surface area contributed by atoms with Gasteiger partial charge in [-0.1, -0.05) is 0 Å². The zero-order valence-corrected chi connectivity index (χ0v) is 6.84. The van der Waals surface area contributed by atoms with Crippen LogP contribution in [-0.2, 0) is 0 Å². The lowest BCUT2D eigenvalue weighted by molar-refractivity contribution is -0.209. The minimum absolute atomic E-state index is 2.35. The highest BCUT2D eigenvalue weighted by molar-refractivity contribution is 4.83. The molecular weight excluding hydrogens is 243 g/mol. The van der Waals surface area contributed by atoms with E-state index < -0.39 is 37.3 Å². The molecule has 0 bridgehead atoms. The summed E-state index contributed by atoms with van der Waals surface area (Å²) >= 11 is 0. The fourth-order valence-corrected chi connectivity index (χ4v) is 0.609. The summed E-state index contributed by atoms with van der Waals surface area (Å²) < 4.78 is 105. The summed E-state index contributed by atoms with van der Waals surface area (Å²) in [6, 6.07) is 0. The predicted molar refractivity (Wildman–Crippen MR) is 31.4 cm³/mol. The molecule has 0 aliphatic heterocycles. The summed E-state index contributed by atoms with van der Waals surface area (Å²) in [6.45, 7) is 0. The summed E-state index contributed by atoms with van der Waals surface area (Å²) in [6.07, 6.45) is -20.1. The Morgan fingerprint density at radius 1 is 0.733 bits per heavy atom. The van der Waals surface area contributed by atoms with Crippen molar-refractivity contribution in [2.75, 3.05) is 0 Å². The van der Waals surface area contributed by atoms with Crippen molar-refractivity contribution in [2.45, 2.75) is 37.3 Å². The molecule has 0 aromatic heterocycles. The molecule has 0 aliphatic carbocycles. The number of hydrogen-bond donors (Lipinski definition) is 0. The lowest BCUT2D eigenvalue weighted by Gasteiger charge is -2.21. The first-order valence-corrected chi connectivity index (χ1v) is 3.50. The second kappa shape index (κ2) is 4.48. The quantitative estimate of drug-likeness (QED) is 0.668. The van der Waals surface area contributed by atoms with Crippen LogP contribution in [0.2, 0.25) is 0 Å². The predicted octanol–water partition coefficient (Wildman–Crippen LogP) is 3.52. The van der Waals surface area contributed by atoms with Crippen LogP contribution in [0.3, 0.4) is 0 Å². The number of hydrogen-bond acceptors (Lipinski definition) is 0. The molecule has 0 heterocycles. The van der Waals surface area contributed by atoms with Crippen LogP contribution in [0.15, 0.2) is 0 Å². The maximum Gasteiger partial charge on any atom is 0.419 e. The van der Waals surface area contributed by atoms with Crippen molar-refractivity contribution in [3.8, 4) is 0 Å². The Hall–Kier alpha value is -0.630. The van der Waals surface area contributed by atoms with Crippen LogP contribution in [0.4, 0.5) is 39.5 Å². The van der Waals surface area contributed by atoms with Crippen molar-refractivity contribution in [3.63, 3.8) is 0 Å². The van der Waals surface area contributed by atoms with Crippen molar-refractivity contribution in [1.29, 1.82) is 0 Å². The van der Waals surface area contributed by atoms with E-state index in [9.17, 15) is 39.5 Å². The molecule has 0 spiro atoms. The second-order valence-corrected chi connectivity index (χ2v) is 2.69. The van der Waals surface area contributed by atoms with E-state index in [1.165, 1.54) is 0 Å². The SMILES string of the molecule is FC(CC(F)C(F)(F)C(F)F)C(F)(F)F. The largest absolute Gasteiger partial charge is 0.419 e. The molecule has 0 amide bonds. The van der Waals surface area contributed by atoms with Crippen molar-refractivity contribution < 1.29 is 39.5 Å². The lowest BCUT2D eigenvalue weighted by Crippen LogP contribution is -2.41. The summed E-state index contributed by atoms with van der Waals surface area (Å²) in [5, 5.41) is 0. The zero-order valence-electron chi connectivity index (χ0n) is 6.84. The van der Waals surface area contributed by atoms with E-state index in [1.54, 1.807) is 0 Å². The minimum Gasteiger partial charge on any atom is -0.240 e. The number of alkyl halides is 9. The third kappa shape index (κ3) is 3.78. The van der Waals surface area contributed by atoms with Gasteiger partial charge in [-0.2, -0.15) is 22.0 Å². The molecule has 0 radical (unpaired) electrons. The average molecular weight is 248 g/mol. The third-order valence-corrected chi connectivity index (χ3v) is 1.48. The Balaban J connectivity index is 4.44. The van der Waals surface area contributed by atoms with E-state index in [-0.39, 0.29) is 0 Å². The molecule has 0 N–H and O–H groups in total. The van der Waals surface area contributed by atoms with E-state index in [4.69, 9.17) is 0 Å². The highest BCUT2D eigenvalue weighted by Gasteiger charge is 2.53. The van der Waals surface area contributed by atoms with Crippen LogP contribution in [0, 0.1) is 0 Å². The van der Waals surface area contributed by atoms with Gasteiger partial charge in [0.15, 0.2) is 12.3 Å². The molecule has 15 heavy (non-hydrogen) atoms. The molecule has 0 saturated carbocycles. The zero-order chi connectivity index (χ0) is 12.4. The van der Waals surface area contributed by atoms with E-state index in [0.717, 1.165) is 0 Å². The summed E-state index contributed by atoms with van der Waals surface area (Å²) in [5.41, 5.74) is 0. The van der Waals surface area contributed by atoms with Crippen molar-refractivity contribution in [3.05, 3.63) is 0 Å². The van der Waals surface area contributed by atoms with Crippen LogP contribution >= 0.6 is 0 Å². The van der Waals surface area contributed by atoms with Gasteiger partial charge in [0.2, 0.25) is 0 Å². The van der Waals surface area contributed by atoms with E-state index in [1.807, 2.05) is 0 Å². The van der Waals surface area contributed by atoms with Crippen molar-refractivity contribution in [2.24, 2.45) is 0 Å². The van der Waals surface area contributed by atoms with Crippen LogP contribution < -0.4 is 0 Å². The first kappa shape index (κ1) is 14.4. The molecule has 0 saturated heterocycles. The Kier molecular flexibility index (Phi) is 4.29. The first-order chi connectivity index (χ1) is 6.49. The topological polar surface area (TPSA) is 0 Å². The van der Waals surface area contributed by atoms with E-state index in [0.29, 0.717) is 0 Å². The molecule has 2 unspecified atom stereocenters. The highest BCUT2D eigenvalue weighted by atomic mass is 19.4. The van der Waals surface area contributed by atoms with Gasteiger partial charge < -0.3 is 0 Å². The Morgan fingerprint density at radius 3 is 1.40 bits per heavy atom. The minimum atomic E-state index is -5.54. The fourth-order valence-electron chi connectivity index (χ4n) is 0.609. The fraction of sp³-hybridized carbons (Fsp3) is 1.00. The molecule has 0 aromatic carbocycles. The van der Waals surface area contributed by atoms with Gasteiger partial charge >= 0.3 is 18.5 Å². The molecule has 9 heteroatoms.